The Kier molecular flexibility index (Phi) is 6.57. The van der Waals surface area contributed by atoms with Crippen LogP contribution in [0.1, 0.15) is 30.6 Å². The van der Waals surface area contributed by atoms with Crippen molar-refractivity contribution in [3.63, 3.8) is 0 Å². The molecule has 1 N–H and O–H groups in total. The van der Waals surface area contributed by atoms with Gasteiger partial charge >= 0.3 is 0 Å². The second-order valence-electron chi connectivity index (χ2n) is 7.97. The minimum absolute atomic E-state index is 0.0149. The van der Waals surface area contributed by atoms with E-state index in [9.17, 15) is 9.59 Å². The van der Waals surface area contributed by atoms with Gasteiger partial charge in [0.25, 0.3) is 0 Å². The molecule has 2 atom stereocenters. The van der Waals surface area contributed by atoms with E-state index in [0.29, 0.717) is 13.0 Å². The summed E-state index contributed by atoms with van der Waals surface area (Å²) in [7, 11) is 1.68. The van der Waals surface area contributed by atoms with Gasteiger partial charge in [-0.05, 0) is 49.3 Å². The van der Waals surface area contributed by atoms with E-state index in [1.807, 2.05) is 35.7 Å². The Morgan fingerprint density at radius 1 is 1.13 bits per heavy atom. The topological polar surface area (TPSA) is 61.9 Å². The summed E-state index contributed by atoms with van der Waals surface area (Å²) in [4.78, 5) is 30.9. The maximum Gasteiger partial charge on any atom is 0.243 e. The number of ether oxygens (including phenoxy) is 1. The highest BCUT2D eigenvalue weighted by Crippen LogP contribution is 2.30. The number of carbonyl (C=O) groups is 2. The number of piperidine rings is 1. The first kappa shape index (κ1) is 20.7. The van der Waals surface area contributed by atoms with Crippen LogP contribution in [0.25, 0.3) is 0 Å². The Bertz CT molecular complexity index is 870. The van der Waals surface area contributed by atoms with Gasteiger partial charge in [0.15, 0.2) is 0 Å². The van der Waals surface area contributed by atoms with Gasteiger partial charge in [0.2, 0.25) is 11.8 Å². The van der Waals surface area contributed by atoms with Crippen LogP contribution in [0.4, 0.5) is 5.69 Å². The molecule has 2 amide bonds. The van der Waals surface area contributed by atoms with Crippen molar-refractivity contribution in [2.75, 3.05) is 31.6 Å². The summed E-state index contributed by atoms with van der Waals surface area (Å²) >= 11 is 1.59. The molecule has 7 heteroatoms. The van der Waals surface area contributed by atoms with E-state index in [1.165, 1.54) is 0 Å². The lowest BCUT2D eigenvalue weighted by Gasteiger charge is -2.36. The van der Waals surface area contributed by atoms with Crippen LogP contribution < -0.4 is 15.0 Å². The van der Waals surface area contributed by atoms with Crippen molar-refractivity contribution in [2.24, 2.45) is 0 Å². The molecule has 2 aromatic rings. The van der Waals surface area contributed by atoms with Crippen LogP contribution in [0.2, 0.25) is 0 Å². The Morgan fingerprint density at radius 2 is 1.97 bits per heavy atom. The highest BCUT2D eigenvalue weighted by atomic mass is 32.1. The third-order valence-corrected chi connectivity index (χ3v) is 6.85. The summed E-state index contributed by atoms with van der Waals surface area (Å²) < 4.78 is 5.51. The van der Waals surface area contributed by atoms with Gasteiger partial charge in [-0.2, -0.15) is 0 Å². The first-order valence-corrected chi connectivity index (χ1v) is 11.5. The zero-order valence-electron chi connectivity index (χ0n) is 17.4. The lowest BCUT2D eigenvalue weighted by Crippen LogP contribution is -2.53. The summed E-state index contributed by atoms with van der Waals surface area (Å²) in [6.45, 7) is 2.36. The van der Waals surface area contributed by atoms with Crippen molar-refractivity contribution in [1.29, 1.82) is 0 Å². The molecule has 2 fully saturated rings. The van der Waals surface area contributed by atoms with E-state index in [1.54, 1.807) is 23.3 Å². The standard InChI is InChI=1S/C23H29N3O3S/c1-29-21-11-3-2-9-19(21)25-12-4-7-17(16-25)24-23(28)20-10-5-13-26(20)22(27)15-18-8-6-14-30-18/h2-3,6,8-9,11,14,17,20H,4-5,7,10,12-13,15-16H2,1H3,(H,24,28). The second-order valence-corrected chi connectivity index (χ2v) is 9.00. The number of rotatable bonds is 6. The normalized spacial score (nSPS) is 21.5. The third-order valence-electron chi connectivity index (χ3n) is 5.97. The van der Waals surface area contributed by atoms with Crippen LogP contribution in [0.15, 0.2) is 41.8 Å². The number of methoxy groups -OCH3 is 1. The maximum absolute atomic E-state index is 13.1. The van der Waals surface area contributed by atoms with Gasteiger partial charge in [-0.3, -0.25) is 9.59 Å². The summed E-state index contributed by atoms with van der Waals surface area (Å²) in [5.41, 5.74) is 1.06. The van der Waals surface area contributed by atoms with Crippen molar-refractivity contribution in [1.82, 2.24) is 10.2 Å². The number of amides is 2. The first-order chi connectivity index (χ1) is 14.7. The van der Waals surface area contributed by atoms with Crippen LogP contribution in [0, 0.1) is 0 Å². The number of benzene rings is 1. The highest BCUT2D eigenvalue weighted by Gasteiger charge is 2.35. The molecule has 1 aromatic heterocycles. The molecular formula is C23H29N3O3S. The van der Waals surface area contributed by atoms with Gasteiger partial charge in [-0.25, -0.2) is 0 Å². The molecule has 3 heterocycles. The summed E-state index contributed by atoms with van der Waals surface area (Å²) in [5.74, 6) is 0.888. The van der Waals surface area contributed by atoms with E-state index in [4.69, 9.17) is 4.74 Å². The largest absolute Gasteiger partial charge is 0.495 e. The summed E-state index contributed by atoms with van der Waals surface area (Å²) in [6.07, 6.45) is 3.96. The fourth-order valence-electron chi connectivity index (χ4n) is 4.50. The number of likely N-dealkylation sites (tertiary alicyclic amines) is 1. The van der Waals surface area contributed by atoms with Gasteiger partial charge in [0.1, 0.15) is 11.8 Å². The van der Waals surface area contributed by atoms with Gasteiger partial charge in [-0.1, -0.05) is 18.2 Å². The number of thiophene rings is 1. The van der Waals surface area contributed by atoms with E-state index < -0.39 is 0 Å². The Labute approximate surface area is 181 Å². The molecule has 0 saturated carbocycles. The molecule has 2 aliphatic heterocycles. The van der Waals surface area contributed by atoms with E-state index in [2.05, 4.69) is 16.3 Å². The molecule has 2 unspecified atom stereocenters. The number of hydrogen-bond donors (Lipinski definition) is 1. The Hall–Kier alpha value is -2.54. The maximum atomic E-state index is 13.1. The molecule has 160 valence electrons. The monoisotopic (exact) mass is 427 g/mol. The first-order valence-electron chi connectivity index (χ1n) is 10.7. The number of nitrogens with one attached hydrogen (secondary N) is 1. The molecule has 0 radical (unpaired) electrons. The Balaban J connectivity index is 1.37. The van der Waals surface area contributed by atoms with Crippen molar-refractivity contribution >= 4 is 28.8 Å². The predicted octanol–water partition coefficient (Wildman–Crippen LogP) is 3.08. The third kappa shape index (κ3) is 4.61. The van der Waals surface area contributed by atoms with Crippen LogP contribution in [0.3, 0.4) is 0 Å². The number of para-hydroxylation sites is 2. The van der Waals surface area contributed by atoms with Gasteiger partial charge in [0.05, 0.1) is 19.2 Å². The number of hydrogen-bond acceptors (Lipinski definition) is 5. The van der Waals surface area contributed by atoms with Crippen LogP contribution in [0.5, 0.6) is 5.75 Å². The minimum Gasteiger partial charge on any atom is -0.495 e. The molecular weight excluding hydrogens is 398 g/mol. The predicted molar refractivity (Wildman–Crippen MR) is 119 cm³/mol. The average Bonchev–Trinajstić information content (AvgIpc) is 3.46. The van der Waals surface area contributed by atoms with Crippen LogP contribution in [-0.2, 0) is 16.0 Å². The molecule has 1 aromatic carbocycles. The molecule has 30 heavy (non-hydrogen) atoms. The summed E-state index contributed by atoms with van der Waals surface area (Å²) in [5, 5.41) is 5.21. The SMILES string of the molecule is COc1ccccc1N1CCCC(NC(=O)C2CCCN2C(=O)Cc2cccs2)C1. The number of nitrogens with zero attached hydrogens (tertiary/aromatic N) is 2. The van der Waals surface area contributed by atoms with Crippen molar-refractivity contribution < 1.29 is 14.3 Å². The fraction of sp³-hybridized carbons (Fsp3) is 0.478. The van der Waals surface area contributed by atoms with E-state index >= 15 is 0 Å². The molecule has 0 bridgehead atoms. The molecule has 2 aliphatic rings. The van der Waals surface area contributed by atoms with Crippen molar-refractivity contribution in [3.8, 4) is 5.75 Å². The molecule has 2 saturated heterocycles. The van der Waals surface area contributed by atoms with Crippen molar-refractivity contribution in [2.45, 2.75) is 44.2 Å². The lowest BCUT2D eigenvalue weighted by atomic mass is 10.0. The average molecular weight is 428 g/mol. The van der Waals surface area contributed by atoms with Gasteiger partial charge in [0, 0.05) is 30.6 Å². The zero-order chi connectivity index (χ0) is 20.9. The number of carbonyl (C=O) groups excluding carboxylic acids is 2. The van der Waals surface area contributed by atoms with E-state index in [-0.39, 0.29) is 23.9 Å². The van der Waals surface area contributed by atoms with Crippen LogP contribution in [-0.4, -0.2) is 55.5 Å². The van der Waals surface area contributed by atoms with Gasteiger partial charge in [-0.15, -0.1) is 11.3 Å². The molecule has 0 spiro atoms. The molecule has 4 rings (SSSR count). The van der Waals surface area contributed by atoms with Gasteiger partial charge < -0.3 is 19.9 Å². The van der Waals surface area contributed by atoms with Crippen molar-refractivity contribution in [3.05, 3.63) is 46.7 Å². The summed E-state index contributed by atoms with van der Waals surface area (Å²) in [6, 6.07) is 11.7. The van der Waals surface area contributed by atoms with E-state index in [0.717, 1.165) is 55.1 Å². The van der Waals surface area contributed by atoms with Crippen LogP contribution >= 0.6 is 11.3 Å². The lowest BCUT2D eigenvalue weighted by molar-refractivity contribution is -0.138. The smallest absolute Gasteiger partial charge is 0.243 e. The Morgan fingerprint density at radius 3 is 2.77 bits per heavy atom. The zero-order valence-corrected chi connectivity index (χ0v) is 18.2. The highest BCUT2D eigenvalue weighted by molar-refractivity contribution is 7.10. The minimum atomic E-state index is -0.348. The second kappa shape index (κ2) is 9.51. The molecule has 0 aliphatic carbocycles. The quantitative estimate of drug-likeness (QED) is 0.770. The fourth-order valence-corrected chi connectivity index (χ4v) is 5.20. The number of anilines is 1. The molecule has 6 nitrogen and oxygen atoms in total.